The highest BCUT2D eigenvalue weighted by Gasteiger charge is 2.27. The maximum Gasteiger partial charge on any atom is 0.293 e. The molecule has 0 heterocycles. The molecule has 5 nitrogen and oxygen atoms in total. The molecule has 0 aromatic heterocycles. The van der Waals surface area contributed by atoms with E-state index in [9.17, 15) is 14.5 Å². The third-order valence-corrected chi connectivity index (χ3v) is 3.64. The van der Waals surface area contributed by atoms with Crippen molar-refractivity contribution in [1.82, 2.24) is 0 Å². The van der Waals surface area contributed by atoms with Crippen LogP contribution in [0.2, 0.25) is 0 Å². The van der Waals surface area contributed by atoms with Crippen LogP contribution >= 0.6 is 15.9 Å². The lowest BCUT2D eigenvalue weighted by Crippen LogP contribution is -2.33. The van der Waals surface area contributed by atoms with Gasteiger partial charge in [0.1, 0.15) is 11.5 Å². The summed E-state index contributed by atoms with van der Waals surface area (Å²) in [7, 11) is 0. The number of nitrogens with zero attached hydrogens (tertiary/aromatic N) is 1. The van der Waals surface area contributed by atoms with Gasteiger partial charge < -0.3 is 10.4 Å². The van der Waals surface area contributed by atoms with E-state index in [0.29, 0.717) is 19.4 Å². The maximum absolute atomic E-state index is 13.4. The zero-order valence-corrected chi connectivity index (χ0v) is 11.0. The van der Waals surface area contributed by atoms with Gasteiger partial charge >= 0.3 is 0 Å². The number of hydrogen-bond donors (Lipinski definition) is 2. The van der Waals surface area contributed by atoms with Gasteiger partial charge in [-0.25, -0.2) is 4.39 Å². The smallest absolute Gasteiger partial charge is 0.293 e. The number of benzene rings is 1. The number of anilines is 1. The van der Waals surface area contributed by atoms with E-state index < -0.39 is 10.7 Å². The van der Waals surface area contributed by atoms with E-state index in [0.717, 1.165) is 12.1 Å². The fourth-order valence-electron chi connectivity index (χ4n) is 1.95. The molecule has 1 aromatic rings. The number of aliphatic hydroxyl groups is 1. The van der Waals surface area contributed by atoms with Crippen LogP contribution in [0.15, 0.2) is 16.6 Å². The molecule has 98 valence electrons. The third kappa shape index (κ3) is 2.78. The second-order valence-corrected chi connectivity index (χ2v) is 5.27. The predicted molar refractivity (Wildman–Crippen MR) is 68.0 cm³/mol. The monoisotopic (exact) mass is 318 g/mol. The van der Waals surface area contributed by atoms with Crippen molar-refractivity contribution < 1.29 is 14.4 Å². The number of nitro benzene ring substituents is 1. The van der Waals surface area contributed by atoms with Crippen molar-refractivity contribution in [3.63, 3.8) is 0 Å². The molecule has 0 amide bonds. The lowest BCUT2D eigenvalue weighted by atomic mass is 9.82. The average Bonchev–Trinajstić information content (AvgIpc) is 2.26. The minimum absolute atomic E-state index is 0.0683. The predicted octanol–water partition coefficient (Wildman–Crippen LogP) is 2.68. The van der Waals surface area contributed by atoms with Gasteiger partial charge in [0, 0.05) is 18.7 Å². The molecule has 1 aliphatic rings. The van der Waals surface area contributed by atoms with E-state index in [1.165, 1.54) is 0 Å². The molecular formula is C11H12BrFN2O3. The summed E-state index contributed by atoms with van der Waals surface area (Å²) in [6.45, 7) is 0.499. The van der Waals surface area contributed by atoms with Crippen LogP contribution in [0, 0.1) is 21.8 Å². The summed E-state index contributed by atoms with van der Waals surface area (Å²) in [5.74, 6) is -0.261. The zero-order chi connectivity index (χ0) is 13.3. The van der Waals surface area contributed by atoms with Crippen LogP contribution in [0.5, 0.6) is 0 Å². The molecule has 0 aliphatic heterocycles. The van der Waals surface area contributed by atoms with Crippen molar-refractivity contribution in [2.75, 3.05) is 11.9 Å². The number of hydrogen-bond acceptors (Lipinski definition) is 4. The van der Waals surface area contributed by atoms with Crippen LogP contribution in [-0.2, 0) is 0 Å². The number of halogens is 2. The van der Waals surface area contributed by atoms with Crippen LogP contribution < -0.4 is 5.32 Å². The van der Waals surface area contributed by atoms with Gasteiger partial charge in [0.2, 0.25) is 0 Å². The van der Waals surface area contributed by atoms with E-state index in [4.69, 9.17) is 5.11 Å². The molecule has 1 aliphatic carbocycles. The molecule has 7 heteroatoms. The van der Waals surface area contributed by atoms with E-state index in [1.54, 1.807) is 0 Å². The molecule has 0 radical (unpaired) electrons. The van der Waals surface area contributed by atoms with Gasteiger partial charge in [0.05, 0.1) is 15.5 Å². The van der Waals surface area contributed by atoms with E-state index >= 15 is 0 Å². The van der Waals surface area contributed by atoms with Crippen LogP contribution in [-0.4, -0.2) is 22.7 Å². The minimum atomic E-state index is -0.553. The van der Waals surface area contributed by atoms with Crippen molar-refractivity contribution in [3.8, 4) is 0 Å². The van der Waals surface area contributed by atoms with E-state index in [-0.39, 0.29) is 27.9 Å². The number of nitrogens with one attached hydrogen (secondary N) is 1. The summed E-state index contributed by atoms with van der Waals surface area (Å²) in [5.41, 5.74) is 0.00485. The van der Waals surface area contributed by atoms with Gasteiger partial charge in [-0.3, -0.25) is 10.1 Å². The molecule has 1 saturated carbocycles. The Morgan fingerprint density at radius 1 is 1.56 bits per heavy atom. The first-order valence-electron chi connectivity index (χ1n) is 5.52. The number of rotatable bonds is 4. The van der Waals surface area contributed by atoms with Gasteiger partial charge in [-0.1, -0.05) is 0 Å². The maximum atomic E-state index is 13.4. The Morgan fingerprint density at radius 2 is 2.22 bits per heavy atom. The summed E-state index contributed by atoms with van der Waals surface area (Å²) in [5, 5.41) is 22.9. The first-order chi connectivity index (χ1) is 8.47. The molecule has 0 saturated heterocycles. The van der Waals surface area contributed by atoms with Crippen LogP contribution in [0.25, 0.3) is 0 Å². The summed E-state index contributed by atoms with van der Waals surface area (Å²) in [6, 6.07) is 2.25. The molecule has 1 aromatic carbocycles. The van der Waals surface area contributed by atoms with Gasteiger partial charge in [0.25, 0.3) is 5.69 Å². The van der Waals surface area contributed by atoms with Crippen molar-refractivity contribution in [2.45, 2.75) is 18.9 Å². The van der Waals surface area contributed by atoms with E-state index in [2.05, 4.69) is 21.2 Å². The van der Waals surface area contributed by atoms with Crippen LogP contribution in [0.3, 0.4) is 0 Å². The van der Waals surface area contributed by atoms with Crippen molar-refractivity contribution >= 4 is 27.3 Å². The highest BCUT2D eigenvalue weighted by molar-refractivity contribution is 9.10. The third-order valence-electron chi connectivity index (χ3n) is 3.03. The summed E-state index contributed by atoms with van der Waals surface area (Å²) < 4.78 is 13.4. The van der Waals surface area contributed by atoms with Gasteiger partial charge in [-0.05, 0) is 34.7 Å². The van der Waals surface area contributed by atoms with Crippen LogP contribution in [0.4, 0.5) is 15.8 Å². The molecule has 2 N–H and O–H groups in total. The van der Waals surface area contributed by atoms with Gasteiger partial charge in [-0.15, -0.1) is 0 Å². The average molecular weight is 319 g/mol. The summed E-state index contributed by atoms with van der Waals surface area (Å²) >= 11 is 2.92. The lowest BCUT2D eigenvalue weighted by molar-refractivity contribution is -0.384. The SMILES string of the molecule is O=[N+]([O-])c1cc(Br)c(F)cc1NCC1CC(O)C1. The van der Waals surface area contributed by atoms with E-state index in [1.807, 2.05) is 0 Å². The Kier molecular flexibility index (Phi) is 3.82. The van der Waals surface area contributed by atoms with Crippen molar-refractivity contribution in [1.29, 1.82) is 0 Å². The minimum Gasteiger partial charge on any atom is -0.393 e. The second kappa shape index (κ2) is 5.19. The zero-order valence-electron chi connectivity index (χ0n) is 9.40. The Labute approximate surface area is 111 Å². The molecule has 0 bridgehead atoms. The Morgan fingerprint density at radius 3 is 2.78 bits per heavy atom. The highest BCUT2D eigenvalue weighted by Crippen LogP contribution is 2.32. The van der Waals surface area contributed by atoms with Crippen molar-refractivity contribution in [2.24, 2.45) is 5.92 Å². The van der Waals surface area contributed by atoms with Crippen molar-refractivity contribution in [3.05, 3.63) is 32.5 Å². The molecule has 0 atom stereocenters. The normalized spacial score (nSPS) is 22.4. The molecular weight excluding hydrogens is 307 g/mol. The Hall–Kier alpha value is -1.21. The fraction of sp³-hybridized carbons (Fsp3) is 0.455. The fourth-order valence-corrected chi connectivity index (χ4v) is 2.28. The lowest BCUT2D eigenvalue weighted by Gasteiger charge is -2.31. The highest BCUT2D eigenvalue weighted by atomic mass is 79.9. The summed E-state index contributed by atoms with van der Waals surface area (Å²) in [4.78, 5) is 10.3. The number of nitro groups is 1. The molecule has 0 spiro atoms. The second-order valence-electron chi connectivity index (χ2n) is 4.41. The molecule has 18 heavy (non-hydrogen) atoms. The van der Waals surface area contributed by atoms with Gasteiger partial charge in [0.15, 0.2) is 0 Å². The molecule has 1 fully saturated rings. The standard InChI is InChI=1S/C11H12BrFN2O3/c12-8-3-11(15(17)18)10(4-9(8)13)14-5-6-1-7(16)2-6/h3-4,6-7,14,16H,1-2,5H2. The topological polar surface area (TPSA) is 75.4 Å². The first kappa shape index (κ1) is 13.2. The first-order valence-corrected chi connectivity index (χ1v) is 6.32. The van der Waals surface area contributed by atoms with Crippen LogP contribution in [0.1, 0.15) is 12.8 Å². The molecule has 2 rings (SSSR count). The number of aliphatic hydroxyl groups excluding tert-OH is 1. The Bertz CT molecular complexity index is 478. The largest absolute Gasteiger partial charge is 0.393 e. The molecule has 0 unspecified atom stereocenters. The van der Waals surface area contributed by atoms with Gasteiger partial charge in [-0.2, -0.15) is 0 Å². The quantitative estimate of drug-likeness (QED) is 0.661. The summed E-state index contributed by atoms with van der Waals surface area (Å²) in [6.07, 6.45) is 1.09. The Balaban J connectivity index is 2.10.